The third-order valence-corrected chi connectivity index (χ3v) is 4.36. The van der Waals surface area contributed by atoms with Crippen molar-refractivity contribution in [3.8, 4) is 0 Å². The van der Waals surface area contributed by atoms with E-state index in [1.54, 1.807) is 25.5 Å². The van der Waals surface area contributed by atoms with E-state index in [9.17, 15) is 18.0 Å². The predicted octanol–water partition coefficient (Wildman–Crippen LogP) is 3.67. The van der Waals surface area contributed by atoms with Gasteiger partial charge >= 0.3 is 6.18 Å². The summed E-state index contributed by atoms with van der Waals surface area (Å²) in [5, 5.41) is 3.76. The van der Waals surface area contributed by atoms with Crippen LogP contribution in [0.5, 0.6) is 0 Å². The number of alkyl halides is 3. The Balaban J connectivity index is 2.04. The summed E-state index contributed by atoms with van der Waals surface area (Å²) in [5.41, 5.74) is -0.0565. The van der Waals surface area contributed by atoms with Gasteiger partial charge in [-0.15, -0.1) is 0 Å². The predicted molar refractivity (Wildman–Crippen MR) is 92.1 cm³/mol. The van der Waals surface area contributed by atoms with E-state index in [0.717, 1.165) is 17.8 Å². The molecule has 0 saturated heterocycles. The lowest BCUT2D eigenvalue weighted by molar-refractivity contribution is -0.142. The van der Waals surface area contributed by atoms with Gasteiger partial charge in [-0.1, -0.05) is 13.0 Å². The molecule has 27 heavy (non-hydrogen) atoms. The van der Waals surface area contributed by atoms with Crippen molar-refractivity contribution >= 4 is 11.6 Å². The van der Waals surface area contributed by atoms with Crippen molar-refractivity contribution in [1.29, 1.82) is 0 Å². The van der Waals surface area contributed by atoms with Gasteiger partial charge in [-0.25, -0.2) is 9.50 Å². The molecular weight excluding hydrogens is 359 g/mol. The summed E-state index contributed by atoms with van der Waals surface area (Å²) in [6.07, 6.45) is 0.442. The number of hydrogen-bond donors (Lipinski definition) is 0. The van der Waals surface area contributed by atoms with Crippen LogP contribution < -0.4 is 0 Å². The topological polar surface area (TPSA) is 63.4 Å². The molecule has 0 spiro atoms. The monoisotopic (exact) mass is 377 g/mol. The molecule has 142 valence electrons. The molecule has 9 heteroatoms. The van der Waals surface area contributed by atoms with E-state index in [4.69, 9.17) is 0 Å². The van der Waals surface area contributed by atoms with E-state index in [1.807, 2.05) is 13.0 Å². The van der Waals surface area contributed by atoms with E-state index < -0.39 is 17.8 Å². The number of amides is 1. The molecule has 1 amide bonds. The number of carbonyl (C=O) groups excluding carboxylic acids is 1. The summed E-state index contributed by atoms with van der Waals surface area (Å²) in [5.74, 6) is -0.452. The maximum absolute atomic E-state index is 13.3. The first-order chi connectivity index (χ1) is 12.7. The van der Waals surface area contributed by atoms with Crippen LogP contribution in [0.1, 0.15) is 46.7 Å². The first-order valence-corrected chi connectivity index (χ1v) is 8.33. The summed E-state index contributed by atoms with van der Waals surface area (Å²) < 4.78 is 40.5. The van der Waals surface area contributed by atoms with Gasteiger partial charge in [-0.05, 0) is 31.0 Å². The summed E-state index contributed by atoms with van der Waals surface area (Å²) >= 11 is 0. The number of fused-ring (bicyclic) bond motifs is 1. The Morgan fingerprint density at radius 3 is 2.67 bits per heavy atom. The van der Waals surface area contributed by atoms with Crippen molar-refractivity contribution in [3.05, 3.63) is 59.3 Å². The second-order valence-corrected chi connectivity index (χ2v) is 6.20. The molecule has 3 aromatic heterocycles. The minimum Gasteiger partial charge on any atom is -0.334 e. The number of rotatable bonds is 4. The zero-order valence-corrected chi connectivity index (χ0v) is 15.0. The fourth-order valence-electron chi connectivity index (χ4n) is 3.07. The molecule has 0 N–H and O–H groups in total. The average Bonchev–Trinajstić information content (AvgIpc) is 3.04. The molecule has 0 fully saturated rings. The third kappa shape index (κ3) is 3.49. The Morgan fingerprint density at radius 2 is 2.07 bits per heavy atom. The van der Waals surface area contributed by atoms with Gasteiger partial charge in [0.1, 0.15) is 11.3 Å². The Labute approximate surface area is 153 Å². The van der Waals surface area contributed by atoms with Crippen LogP contribution in [0.3, 0.4) is 0 Å². The molecule has 0 saturated carbocycles. The molecule has 0 aromatic carbocycles. The number of hydrogen-bond acceptors (Lipinski definition) is 4. The Kier molecular flexibility index (Phi) is 4.86. The normalized spacial score (nSPS) is 13.0. The Bertz CT molecular complexity index is 968. The van der Waals surface area contributed by atoms with Crippen LogP contribution in [0.25, 0.3) is 5.65 Å². The second-order valence-electron chi connectivity index (χ2n) is 6.20. The Morgan fingerprint density at radius 1 is 1.33 bits per heavy atom. The fraction of sp³-hybridized carbons (Fsp3) is 0.333. The quantitative estimate of drug-likeness (QED) is 0.696. The lowest BCUT2D eigenvalue weighted by Gasteiger charge is -2.27. The van der Waals surface area contributed by atoms with Crippen LogP contribution in [0.2, 0.25) is 0 Å². The molecule has 0 bridgehead atoms. The molecular formula is C18H18F3N5O. The molecule has 0 unspecified atom stereocenters. The van der Waals surface area contributed by atoms with E-state index in [2.05, 4.69) is 15.1 Å². The number of carbonyl (C=O) groups is 1. The van der Waals surface area contributed by atoms with E-state index in [1.165, 1.54) is 11.8 Å². The minimum atomic E-state index is -4.61. The first-order valence-electron chi connectivity index (χ1n) is 8.33. The first kappa shape index (κ1) is 18.8. The highest BCUT2D eigenvalue weighted by atomic mass is 19.4. The number of pyridine rings is 1. The van der Waals surface area contributed by atoms with Crippen LogP contribution in [0.4, 0.5) is 13.2 Å². The summed E-state index contributed by atoms with van der Waals surface area (Å²) in [6.45, 7) is 3.37. The molecule has 3 heterocycles. The van der Waals surface area contributed by atoms with Gasteiger partial charge in [-0.3, -0.25) is 9.78 Å². The van der Waals surface area contributed by atoms with Crippen molar-refractivity contribution in [2.75, 3.05) is 7.05 Å². The van der Waals surface area contributed by atoms with Gasteiger partial charge < -0.3 is 4.90 Å². The van der Waals surface area contributed by atoms with Crippen LogP contribution in [-0.2, 0) is 6.18 Å². The number of aryl methyl sites for hydroxylation is 1. The maximum atomic E-state index is 13.3. The maximum Gasteiger partial charge on any atom is 0.433 e. The van der Waals surface area contributed by atoms with Gasteiger partial charge in [0, 0.05) is 25.1 Å². The second kappa shape index (κ2) is 6.98. The van der Waals surface area contributed by atoms with Crippen LogP contribution in [0.15, 0.2) is 36.8 Å². The molecule has 0 aliphatic rings. The molecule has 0 aliphatic carbocycles. The minimum absolute atomic E-state index is 0.0223. The fourth-order valence-corrected chi connectivity index (χ4v) is 3.07. The van der Waals surface area contributed by atoms with Gasteiger partial charge in [-0.2, -0.15) is 18.3 Å². The molecule has 0 radical (unpaired) electrons. The molecule has 3 rings (SSSR count). The van der Waals surface area contributed by atoms with E-state index in [0.29, 0.717) is 10.9 Å². The van der Waals surface area contributed by atoms with E-state index in [-0.39, 0.29) is 22.9 Å². The summed E-state index contributed by atoms with van der Waals surface area (Å²) in [4.78, 5) is 22.7. The van der Waals surface area contributed by atoms with Crippen molar-refractivity contribution in [2.24, 2.45) is 0 Å². The molecule has 0 aliphatic heterocycles. The highest BCUT2D eigenvalue weighted by Crippen LogP contribution is 2.31. The van der Waals surface area contributed by atoms with Gasteiger partial charge in [0.05, 0.1) is 12.2 Å². The van der Waals surface area contributed by atoms with E-state index >= 15 is 0 Å². The standard InChI is InChI=1S/C18H18F3N5O/c1-4-14(12-6-5-7-22-9-12)25(3)17(27)13-10-23-26-15(18(19,20)21)8-11(2)24-16(13)26/h5-10,14H,4H2,1-3H3/t14-/m1/s1. The highest BCUT2D eigenvalue weighted by Gasteiger charge is 2.36. The van der Waals surface area contributed by atoms with Crippen LogP contribution in [-0.4, -0.2) is 37.4 Å². The highest BCUT2D eigenvalue weighted by molar-refractivity contribution is 5.99. The molecule has 3 aromatic rings. The summed E-state index contributed by atoms with van der Waals surface area (Å²) in [7, 11) is 1.60. The SMILES string of the molecule is CC[C@H](c1cccnc1)N(C)C(=O)c1cnn2c(C(F)(F)F)cc(C)nc12. The smallest absolute Gasteiger partial charge is 0.334 e. The number of aromatic nitrogens is 4. The average molecular weight is 377 g/mol. The molecule has 6 nitrogen and oxygen atoms in total. The molecule has 1 atom stereocenters. The Hall–Kier alpha value is -2.97. The van der Waals surface area contributed by atoms with Crippen molar-refractivity contribution in [2.45, 2.75) is 32.5 Å². The number of halogens is 3. The largest absolute Gasteiger partial charge is 0.433 e. The third-order valence-electron chi connectivity index (χ3n) is 4.36. The van der Waals surface area contributed by atoms with Crippen molar-refractivity contribution in [3.63, 3.8) is 0 Å². The van der Waals surface area contributed by atoms with Crippen molar-refractivity contribution < 1.29 is 18.0 Å². The van der Waals surface area contributed by atoms with Crippen LogP contribution in [0, 0.1) is 6.92 Å². The summed E-state index contributed by atoms with van der Waals surface area (Å²) in [6, 6.07) is 4.26. The number of nitrogens with zero attached hydrogens (tertiary/aromatic N) is 5. The van der Waals surface area contributed by atoms with Crippen LogP contribution >= 0.6 is 0 Å². The van der Waals surface area contributed by atoms with Gasteiger partial charge in [0.15, 0.2) is 5.65 Å². The lowest BCUT2D eigenvalue weighted by Crippen LogP contribution is -2.31. The van der Waals surface area contributed by atoms with Crippen molar-refractivity contribution in [1.82, 2.24) is 24.5 Å². The zero-order valence-electron chi connectivity index (χ0n) is 15.0. The zero-order chi connectivity index (χ0) is 19.8. The van der Waals surface area contributed by atoms with Gasteiger partial charge in [0.25, 0.3) is 5.91 Å². The van der Waals surface area contributed by atoms with Gasteiger partial charge in [0.2, 0.25) is 0 Å². The lowest BCUT2D eigenvalue weighted by atomic mass is 10.0.